The molecule has 0 aromatic heterocycles. The van der Waals surface area contributed by atoms with Crippen LogP contribution in [0, 0.1) is 0 Å². The second kappa shape index (κ2) is 6.91. The molecule has 0 saturated carbocycles. The molecule has 5 heteroatoms. The van der Waals surface area contributed by atoms with Crippen molar-refractivity contribution in [3.8, 4) is 0 Å². The highest BCUT2D eigenvalue weighted by Crippen LogP contribution is 2.24. The van der Waals surface area contributed by atoms with Crippen LogP contribution in [0.4, 0.5) is 5.69 Å². The molecule has 1 unspecified atom stereocenters. The van der Waals surface area contributed by atoms with Crippen molar-refractivity contribution >= 4 is 26.5 Å². The molecule has 114 valence electrons. The van der Waals surface area contributed by atoms with E-state index in [2.05, 4.69) is 17.0 Å². The minimum absolute atomic E-state index is 0.452. The van der Waals surface area contributed by atoms with E-state index in [9.17, 15) is 8.42 Å². The van der Waals surface area contributed by atoms with E-state index in [1.165, 1.54) is 0 Å². The minimum Gasteiger partial charge on any atom is -0.315 e. The van der Waals surface area contributed by atoms with Gasteiger partial charge in [0.2, 0.25) is 10.0 Å². The summed E-state index contributed by atoms with van der Waals surface area (Å²) in [4.78, 5) is 0. The van der Waals surface area contributed by atoms with Gasteiger partial charge in [0.15, 0.2) is 0 Å². The Morgan fingerprint density at radius 3 is 2.57 bits per heavy atom. The molecule has 2 rings (SSSR count). The third kappa shape index (κ3) is 3.95. The monoisotopic (exact) mass is 306 g/mol. The SMILES string of the molecule is CCCNCC(C)S(=O)(=O)Nc1cccc2ccccc12. The number of hydrogen-bond donors (Lipinski definition) is 2. The fourth-order valence-corrected chi connectivity index (χ4v) is 3.18. The molecule has 2 N–H and O–H groups in total. The van der Waals surface area contributed by atoms with Gasteiger partial charge in [-0.25, -0.2) is 8.42 Å². The maximum atomic E-state index is 12.4. The number of rotatable bonds is 7. The van der Waals surface area contributed by atoms with E-state index >= 15 is 0 Å². The third-order valence-corrected chi connectivity index (χ3v) is 5.16. The van der Waals surface area contributed by atoms with Crippen molar-refractivity contribution in [1.82, 2.24) is 5.32 Å². The molecule has 0 bridgehead atoms. The smallest absolute Gasteiger partial charge is 0.236 e. The van der Waals surface area contributed by atoms with E-state index in [0.717, 1.165) is 23.7 Å². The molecule has 4 nitrogen and oxygen atoms in total. The summed E-state index contributed by atoms with van der Waals surface area (Å²) in [6.07, 6.45) is 0.990. The van der Waals surface area contributed by atoms with Crippen molar-refractivity contribution < 1.29 is 8.42 Å². The van der Waals surface area contributed by atoms with Gasteiger partial charge in [-0.1, -0.05) is 43.3 Å². The largest absolute Gasteiger partial charge is 0.315 e. The van der Waals surface area contributed by atoms with Crippen molar-refractivity contribution in [2.24, 2.45) is 0 Å². The zero-order valence-electron chi connectivity index (χ0n) is 12.5. The average Bonchev–Trinajstić information content (AvgIpc) is 2.47. The van der Waals surface area contributed by atoms with Crippen molar-refractivity contribution in [1.29, 1.82) is 0 Å². The molecule has 0 aliphatic rings. The quantitative estimate of drug-likeness (QED) is 0.773. The Labute approximate surface area is 126 Å². The summed E-state index contributed by atoms with van der Waals surface area (Å²) in [5.41, 5.74) is 0.635. The highest BCUT2D eigenvalue weighted by atomic mass is 32.2. The van der Waals surface area contributed by atoms with Crippen LogP contribution in [-0.2, 0) is 10.0 Å². The lowest BCUT2D eigenvalue weighted by atomic mass is 10.1. The number of fused-ring (bicyclic) bond motifs is 1. The van der Waals surface area contributed by atoms with E-state index in [1.807, 2.05) is 36.4 Å². The standard InChI is InChI=1S/C16H22N2O2S/c1-3-11-17-12-13(2)21(19,20)18-16-10-6-8-14-7-4-5-9-15(14)16/h4-10,13,17-18H,3,11-12H2,1-2H3. The molecule has 0 spiro atoms. The normalized spacial score (nSPS) is 13.2. The lowest BCUT2D eigenvalue weighted by molar-refractivity contribution is 0.576. The van der Waals surface area contributed by atoms with Gasteiger partial charge in [-0.2, -0.15) is 0 Å². The first-order chi connectivity index (χ1) is 10.0. The summed E-state index contributed by atoms with van der Waals surface area (Å²) in [6, 6.07) is 13.4. The number of anilines is 1. The summed E-state index contributed by atoms with van der Waals surface area (Å²) in [7, 11) is -3.40. The maximum absolute atomic E-state index is 12.4. The molecule has 0 fully saturated rings. The van der Waals surface area contributed by atoms with Crippen LogP contribution in [0.2, 0.25) is 0 Å². The third-order valence-electron chi connectivity index (χ3n) is 3.43. The molecule has 21 heavy (non-hydrogen) atoms. The summed E-state index contributed by atoms with van der Waals surface area (Å²) in [5.74, 6) is 0. The van der Waals surface area contributed by atoms with E-state index in [1.54, 1.807) is 13.0 Å². The van der Waals surface area contributed by atoms with Crippen molar-refractivity contribution in [2.45, 2.75) is 25.5 Å². The Kier molecular flexibility index (Phi) is 5.20. The molecule has 0 radical (unpaired) electrons. The van der Waals surface area contributed by atoms with Crippen LogP contribution < -0.4 is 10.0 Å². The second-order valence-corrected chi connectivity index (χ2v) is 7.29. The van der Waals surface area contributed by atoms with Gasteiger partial charge in [0.1, 0.15) is 0 Å². The molecule has 2 aromatic rings. The number of hydrogen-bond acceptors (Lipinski definition) is 3. The number of sulfonamides is 1. The van der Waals surface area contributed by atoms with Gasteiger partial charge in [0.05, 0.1) is 10.9 Å². The van der Waals surface area contributed by atoms with Gasteiger partial charge in [-0.3, -0.25) is 4.72 Å². The molecule has 0 amide bonds. The predicted octanol–water partition coefficient (Wildman–Crippen LogP) is 2.97. The van der Waals surface area contributed by atoms with Crippen LogP contribution in [0.15, 0.2) is 42.5 Å². The Morgan fingerprint density at radius 2 is 1.81 bits per heavy atom. The fraction of sp³-hybridized carbons (Fsp3) is 0.375. The van der Waals surface area contributed by atoms with E-state index in [-0.39, 0.29) is 0 Å². The van der Waals surface area contributed by atoms with Gasteiger partial charge in [-0.15, -0.1) is 0 Å². The lowest BCUT2D eigenvalue weighted by Gasteiger charge is -2.16. The molecule has 0 aliphatic carbocycles. The molecule has 0 aliphatic heterocycles. The van der Waals surface area contributed by atoms with Gasteiger partial charge < -0.3 is 5.32 Å². The lowest BCUT2D eigenvalue weighted by Crippen LogP contribution is -2.35. The molecular weight excluding hydrogens is 284 g/mol. The number of nitrogens with one attached hydrogen (secondary N) is 2. The minimum atomic E-state index is -3.40. The van der Waals surface area contributed by atoms with Crippen LogP contribution in [0.3, 0.4) is 0 Å². The topological polar surface area (TPSA) is 58.2 Å². The second-order valence-electron chi connectivity index (χ2n) is 5.19. The predicted molar refractivity (Wildman–Crippen MR) is 89.1 cm³/mol. The van der Waals surface area contributed by atoms with E-state index in [0.29, 0.717) is 12.2 Å². The fourth-order valence-electron chi connectivity index (χ4n) is 2.16. The zero-order chi connectivity index (χ0) is 15.3. The Bertz CT molecular complexity index is 693. The van der Waals surface area contributed by atoms with Crippen LogP contribution in [-0.4, -0.2) is 26.8 Å². The Morgan fingerprint density at radius 1 is 1.10 bits per heavy atom. The van der Waals surface area contributed by atoms with Crippen LogP contribution in [0.1, 0.15) is 20.3 Å². The van der Waals surface area contributed by atoms with Gasteiger partial charge in [-0.05, 0) is 31.3 Å². The summed E-state index contributed by atoms with van der Waals surface area (Å²) >= 11 is 0. The maximum Gasteiger partial charge on any atom is 0.236 e. The molecular formula is C16H22N2O2S. The summed E-state index contributed by atoms with van der Waals surface area (Å²) in [5, 5.41) is 4.60. The van der Waals surface area contributed by atoms with Crippen LogP contribution in [0.5, 0.6) is 0 Å². The van der Waals surface area contributed by atoms with Crippen LogP contribution in [0.25, 0.3) is 10.8 Å². The molecule has 0 saturated heterocycles. The van der Waals surface area contributed by atoms with Gasteiger partial charge in [0, 0.05) is 11.9 Å². The van der Waals surface area contributed by atoms with E-state index < -0.39 is 15.3 Å². The summed E-state index contributed by atoms with van der Waals surface area (Å²) in [6.45, 7) is 5.05. The average molecular weight is 306 g/mol. The van der Waals surface area contributed by atoms with Crippen molar-refractivity contribution in [3.63, 3.8) is 0 Å². The van der Waals surface area contributed by atoms with Crippen molar-refractivity contribution in [2.75, 3.05) is 17.8 Å². The first-order valence-electron chi connectivity index (χ1n) is 7.24. The van der Waals surface area contributed by atoms with Crippen molar-refractivity contribution in [3.05, 3.63) is 42.5 Å². The highest BCUT2D eigenvalue weighted by Gasteiger charge is 2.20. The first-order valence-corrected chi connectivity index (χ1v) is 8.79. The van der Waals surface area contributed by atoms with Gasteiger partial charge in [0.25, 0.3) is 0 Å². The zero-order valence-corrected chi connectivity index (χ0v) is 13.3. The number of benzene rings is 2. The Balaban J connectivity index is 2.19. The highest BCUT2D eigenvalue weighted by molar-refractivity contribution is 7.93. The first kappa shape index (κ1) is 15.8. The Hall–Kier alpha value is -1.59. The summed E-state index contributed by atoms with van der Waals surface area (Å²) < 4.78 is 27.5. The molecule has 0 heterocycles. The van der Waals surface area contributed by atoms with E-state index in [4.69, 9.17) is 0 Å². The molecule has 1 atom stereocenters. The van der Waals surface area contributed by atoms with Crippen LogP contribution >= 0.6 is 0 Å². The van der Waals surface area contributed by atoms with Gasteiger partial charge >= 0.3 is 0 Å². The molecule has 2 aromatic carbocycles.